The van der Waals surface area contributed by atoms with E-state index in [0.717, 1.165) is 24.0 Å². The summed E-state index contributed by atoms with van der Waals surface area (Å²) >= 11 is 0. The van der Waals surface area contributed by atoms with Crippen LogP contribution in [0.15, 0.2) is 18.2 Å². The van der Waals surface area contributed by atoms with E-state index < -0.39 is 0 Å². The van der Waals surface area contributed by atoms with Gasteiger partial charge >= 0.3 is 0 Å². The van der Waals surface area contributed by atoms with E-state index in [0.29, 0.717) is 6.54 Å². The Morgan fingerprint density at radius 1 is 1.36 bits per heavy atom. The third-order valence-electron chi connectivity index (χ3n) is 2.36. The Labute approximate surface area is 85.1 Å². The number of rotatable bonds is 4. The van der Waals surface area contributed by atoms with Crippen LogP contribution in [0, 0.1) is 5.82 Å². The van der Waals surface area contributed by atoms with Gasteiger partial charge < -0.3 is 5.73 Å². The van der Waals surface area contributed by atoms with Crippen molar-refractivity contribution in [3.05, 3.63) is 35.1 Å². The van der Waals surface area contributed by atoms with E-state index in [1.165, 1.54) is 0 Å². The molecule has 0 fully saturated rings. The molecule has 0 heterocycles. The predicted octanol–water partition coefficient (Wildman–Crippen LogP) is 2.84. The van der Waals surface area contributed by atoms with Crippen LogP contribution >= 0.6 is 0 Å². The summed E-state index contributed by atoms with van der Waals surface area (Å²) in [6.07, 6.45) is 1.78. The Morgan fingerprint density at radius 2 is 2.07 bits per heavy atom. The zero-order valence-electron chi connectivity index (χ0n) is 8.89. The molecule has 0 saturated heterocycles. The molecule has 0 aromatic heterocycles. The van der Waals surface area contributed by atoms with E-state index >= 15 is 0 Å². The molecule has 78 valence electrons. The number of nitrogens with two attached hydrogens (primary N) is 1. The number of benzene rings is 1. The zero-order chi connectivity index (χ0) is 10.6. The van der Waals surface area contributed by atoms with Crippen LogP contribution in [-0.4, -0.2) is 6.54 Å². The predicted molar refractivity (Wildman–Crippen MR) is 57.9 cm³/mol. The lowest BCUT2D eigenvalue weighted by Gasteiger charge is -2.08. The Morgan fingerprint density at radius 3 is 2.57 bits per heavy atom. The maximum absolute atomic E-state index is 13.5. The minimum absolute atomic E-state index is 0.0884. The van der Waals surface area contributed by atoms with Crippen LogP contribution in [-0.2, 0) is 6.42 Å². The maximum Gasteiger partial charge on any atom is 0.126 e. The summed E-state index contributed by atoms with van der Waals surface area (Å²) in [7, 11) is 0. The standard InChI is InChI=1S/C12H18FN/c1-9(2)11-6-5-10(4-3-7-14)8-12(11)13/h5-6,8-9H,3-4,7,14H2,1-2H3. The SMILES string of the molecule is CC(C)c1ccc(CCCN)cc1F. The first-order valence-electron chi connectivity index (χ1n) is 5.13. The summed E-state index contributed by atoms with van der Waals surface area (Å²) in [5.74, 6) is 0.160. The summed E-state index contributed by atoms with van der Waals surface area (Å²) in [6.45, 7) is 4.66. The smallest absolute Gasteiger partial charge is 0.126 e. The molecule has 1 rings (SSSR count). The molecule has 0 spiro atoms. The van der Waals surface area contributed by atoms with Gasteiger partial charge in [-0.1, -0.05) is 26.0 Å². The molecule has 0 aliphatic rings. The fourth-order valence-electron chi connectivity index (χ4n) is 1.50. The Bertz CT molecular complexity index is 294. The van der Waals surface area contributed by atoms with Crippen molar-refractivity contribution in [2.24, 2.45) is 5.73 Å². The number of hydrogen-bond donors (Lipinski definition) is 1. The van der Waals surface area contributed by atoms with Crippen molar-refractivity contribution in [3.63, 3.8) is 0 Å². The summed E-state index contributed by atoms with van der Waals surface area (Å²) in [4.78, 5) is 0. The van der Waals surface area contributed by atoms with E-state index in [-0.39, 0.29) is 11.7 Å². The van der Waals surface area contributed by atoms with Gasteiger partial charge in [-0.15, -0.1) is 0 Å². The first-order valence-corrected chi connectivity index (χ1v) is 5.13. The van der Waals surface area contributed by atoms with Gasteiger partial charge in [-0.2, -0.15) is 0 Å². The van der Waals surface area contributed by atoms with Gasteiger partial charge in [0.25, 0.3) is 0 Å². The molecule has 0 saturated carbocycles. The zero-order valence-corrected chi connectivity index (χ0v) is 8.89. The van der Waals surface area contributed by atoms with Crippen LogP contribution in [0.5, 0.6) is 0 Å². The molecule has 1 aromatic rings. The van der Waals surface area contributed by atoms with E-state index in [1.807, 2.05) is 26.0 Å². The van der Waals surface area contributed by atoms with Crippen molar-refractivity contribution >= 4 is 0 Å². The minimum atomic E-state index is -0.0884. The molecule has 0 aliphatic heterocycles. The molecule has 0 atom stereocenters. The number of hydrogen-bond acceptors (Lipinski definition) is 1. The molecule has 1 nitrogen and oxygen atoms in total. The third kappa shape index (κ3) is 2.81. The quantitative estimate of drug-likeness (QED) is 0.785. The lowest BCUT2D eigenvalue weighted by molar-refractivity contribution is 0.595. The number of halogens is 1. The van der Waals surface area contributed by atoms with E-state index in [1.54, 1.807) is 6.07 Å². The van der Waals surface area contributed by atoms with Crippen LogP contribution in [0.3, 0.4) is 0 Å². The van der Waals surface area contributed by atoms with Crippen LogP contribution in [0.2, 0.25) is 0 Å². The molecule has 0 aliphatic carbocycles. The van der Waals surface area contributed by atoms with Gasteiger partial charge in [0, 0.05) is 0 Å². The normalized spacial score (nSPS) is 10.9. The van der Waals surface area contributed by atoms with Crippen LogP contribution in [0.1, 0.15) is 37.3 Å². The van der Waals surface area contributed by atoms with E-state index in [9.17, 15) is 4.39 Å². The lowest BCUT2D eigenvalue weighted by atomic mass is 9.99. The van der Waals surface area contributed by atoms with Crippen LogP contribution in [0.25, 0.3) is 0 Å². The van der Waals surface area contributed by atoms with Gasteiger partial charge in [0.15, 0.2) is 0 Å². The lowest BCUT2D eigenvalue weighted by Crippen LogP contribution is -2.01. The molecule has 2 heteroatoms. The first-order chi connectivity index (χ1) is 6.65. The molecule has 0 radical (unpaired) electrons. The fraction of sp³-hybridized carbons (Fsp3) is 0.500. The van der Waals surface area contributed by atoms with Gasteiger partial charge in [-0.05, 0) is 42.5 Å². The molecule has 14 heavy (non-hydrogen) atoms. The van der Waals surface area contributed by atoms with E-state index in [2.05, 4.69) is 0 Å². The summed E-state index contributed by atoms with van der Waals surface area (Å²) in [5, 5.41) is 0. The molecule has 2 N–H and O–H groups in total. The highest BCUT2D eigenvalue weighted by Gasteiger charge is 2.06. The second-order valence-electron chi connectivity index (χ2n) is 3.90. The van der Waals surface area contributed by atoms with Crippen molar-refractivity contribution in [2.75, 3.05) is 6.54 Å². The number of aryl methyl sites for hydroxylation is 1. The Hall–Kier alpha value is -0.890. The highest BCUT2D eigenvalue weighted by molar-refractivity contribution is 5.26. The average Bonchev–Trinajstić information content (AvgIpc) is 2.14. The summed E-state index contributed by atoms with van der Waals surface area (Å²) in [5.41, 5.74) is 7.23. The van der Waals surface area contributed by atoms with E-state index in [4.69, 9.17) is 5.73 Å². The molecule has 0 unspecified atom stereocenters. The molecular formula is C12H18FN. The Kier molecular flexibility index (Phi) is 4.08. The summed E-state index contributed by atoms with van der Waals surface area (Å²) in [6, 6.07) is 5.50. The first kappa shape index (κ1) is 11.2. The Balaban J connectivity index is 2.78. The second-order valence-corrected chi connectivity index (χ2v) is 3.90. The van der Waals surface area contributed by atoms with Crippen molar-refractivity contribution < 1.29 is 4.39 Å². The van der Waals surface area contributed by atoms with Gasteiger partial charge in [0.2, 0.25) is 0 Å². The average molecular weight is 195 g/mol. The molecule has 0 bridgehead atoms. The van der Waals surface area contributed by atoms with Crippen molar-refractivity contribution in [2.45, 2.75) is 32.6 Å². The molecule has 0 amide bonds. The largest absolute Gasteiger partial charge is 0.330 e. The van der Waals surface area contributed by atoms with Gasteiger partial charge in [0.05, 0.1) is 0 Å². The third-order valence-corrected chi connectivity index (χ3v) is 2.36. The van der Waals surface area contributed by atoms with Gasteiger partial charge in [-0.3, -0.25) is 0 Å². The van der Waals surface area contributed by atoms with Crippen LogP contribution < -0.4 is 5.73 Å². The second kappa shape index (κ2) is 5.11. The molecule has 1 aromatic carbocycles. The fourth-order valence-corrected chi connectivity index (χ4v) is 1.50. The van der Waals surface area contributed by atoms with Crippen molar-refractivity contribution in [1.29, 1.82) is 0 Å². The molecular weight excluding hydrogens is 177 g/mol. The summed E-state index contributed by atoms with van der Waals surface area (Å²) < 4.78 is 13.5. The maximum atomic E-state index is 13.5. The van der Waals surface area contributed by atoms with Crippen molar-refractivity contribution in [3.8, 4) is 0 Å². The monoisotopic (exact) mass is 195 g/mol. The van der Waals surface area contributed by atoms with Crippen LogP contribution in [0.4, 0.5) is 4.39 Å². The van der Waals surface area contributed by atoms with Gasteiger partial charge in [0.1, 0.15) is 5.82 Å². The minimum Gasteiger partial charge on any atom is -0.330 e. The van der Waals surface area contributed by atoms with Gasteiger partial charge in [-0.25, -0.2) is 4.39 Å². The highest BCUT2D eigenvalue weighted by Crippen LogP contribution is 2.19. The van der Waals surface area contributed by atoms with Crippen molar-refractivity contribution in [1.82, 2.24) is 0 Å². The topological polar surface area (TPSA) is 26.0 Å². The highest BCUT2D eigenvalue weighted by atomic mass is 19.1.